The van der Waals surface area contributed by atoms with Crippen molar-refractivity contribution in [1.82, 2.24) is 19.7 Å². The van der Waals surface area contributed by atoms with E-state index in [1.807, 2.05) is 12.1 Å². The quantitative estimate of drug-likeness (QED) is 0.768. The van der Waals surface area contributed by atoms with Gasteiger partial charge < -0.3 is 5.32 Å². The average Bonchev–Trinajstić information content (AvgIpc) is 3.10. The average molecular weight is 337 g/mol. The number of nitrogens with one attached hydrogen (secondary N) is 1. The molecule has 0 aliphatic heterocycles. The van der Waals surface area contributed by atoms with Crippen LogP contribution < -0.4 is 5.32 Å². The lowest BCUT2D eigenvalue weighted by Gasteiger charge is -2.05. The summed E-state index contributed by atoms with van der Waals surface area (Å²) >= 11 is 9.13. The van der Waals surface area contributed by atoms with Crippen molar-refractivity contribution < 1.29 is 0 Å². The minimum absolute atomic E-state index is 0.654. The summed E-state index contributed by atoms with van der Waals surface area (Å²) in [5, 5.41) is 8.22. The molecule has 1 fully saturated rings. The molecule has 0 radical (unpaired) electrons. The number of hydrogen-bond donors (Lipinski definition) is 1. The Bertz CT molecular complexity index is 761. The molecular formula is C14H13ClN4S2. The molecule has 3 aromatic rings. The molecular weight excluding hydrogens is 324 g/mol. The predicted octanol–water partition coefficient (Wildman–Crippen LogP) is 3.85. The Morgan fingerprint density at radius 1 is 1.43 bits per heavy atom. The lowest BCUT2D eigenvalue weighted by molar-refractivity contribution is 0.661. The van der Waals surface area contributed by atoms with Gasteiger partial charge in [0, 0.05) is 30.4 Å². The van der Waals surface area contributed by atoms with Crippen LogP contribution in [0.5, 0.6) is 0 Å². The summed E-state index contributed by atoms with van der Waals surface area (Å²) in [5.74, 6) is 0. The summed E-state index contributed by atoms with van der Waals surface area (Å²) in [7, 11) is 0. The SMILES string of the molecule is Clc1ccc(Sc2nc3sccn3c2CNC2CC2)nc1. The number of rotatable bonds is 5. The summed E-state index contributed by atoms with van der Waals surface area (Å²) in [6.45, 7) is 0.846. The fraction of sp³-hybridized carbons (Fsp3) is 0.286. The standard InChI is InChI=1S/C14H13ClN4S2/c15-9-1-4-12(17-7-9)21-13-11(8-16-10-2-3-10)19-5-6-20-14(19)18-13/h1,4-7,10,16H,2-3,8H2. The molecule has 1 aliphatic rings. The van der Waals surface area contributed by atoms with E-state index in [0.29, 0.717) is 11.1 Å². The summed E-state index contributed by atoms with van der Waals surface area (Å²) in [4.78, 5) is 10.1. The molecule has 1 N–H and O–H groups in total. The van der Waals surface area contributed by atoms with Gasteiger partial charge in [-0.15, -0.1) is 11.3 Å². The van der Waals surface area contributed by atoms with Crippen molar-refractivity contribution in [2.75, 3.05) is 0 Å². The first-order chi connectivity index (χ1) is 10.3. The van der Waals surface area contributed by atoms with Crippen LogP contribution >= 0.6 is 34.7 Å². The number of aromatic nitrogens is 3. The molecule has 0 aromatic carbocycles. The summed E-state index contributed by atoms with van der Waals surface area (Å²) < 4.78 is 2.16. The van der Waals surface area contributed by atoms with Crippen LogP contribution in [0.2, 0.25) is 5.02 Å². The Morgan fingerprint density at radius 3 is 3.10 bits per heavy atom. The maximum absolute atomic E-state index is 5.88. The maximum atomic E-state index is 5.88. The topological polar surface area (TPSA) is 42.2 Å². The molecule has 0 saturated heterocycles. The van der Waals surface area contributed by atoms with Gasteiger partial charge in [0.05, 0.1) is 10.7 Å². The van der Waals surface area contributed by atoms with Gasteiger partial charge in [0.25, 0.3) is 0 Å². The molecule has 4 nitrogen and oxygen atoms in total. The van der Waals surface area contributed by atoms with Crippen LogP contribution in [0.25, 0.3) is 4.96 Å². The summed E-state index contributed by atoms with van der Waals surface area (Å²) in [6.07, 6.45) is 6.32. The highest BCUT2D eigenvalue weighted by Gasteiger charge is 2.22. The van der Waals surface area contributed by atoms with Crippen molar-refractivity contribution in [3.05, 3.63) is 40.6 Å². The highest BCUT2D eigenvalue weighted by Crippen LogP contribution is 2.31. The van der Waals surface area contributed by atoms with E-state index in [2.05, 4.69) is 26.3 Å². The second-order valence-electron chi connectivity index (χ2n) is 4.99. The van der Waals surface area contributed by atoms with Gasteiger partial charge in [-0.3, -0.25) is 4.40 Å². The Hall–Kier alpha value is -1.08. The molecule has 21 heavy (non-hydrogen) atoms. The number of hydrogen-bond acceptors (Lipinski definition) is 5. The third-order valence-corrected chi connectivity index (χ3v) is 5.31. The molecule has 0 amide bonds. The molecule has 1 aliphatic carbocycles. The van der Waals surface area contributed by atoms with E-state index in [1.54, 1.807) is 29.3 Å². The Kier molecular flexibility index (Phi) is 3.62. The van der Waals surface area contributed by atoms with Crippen molar-refractivity contribution in [1.29, 1.82) is 0 Å². The van der Waals surface area contributed by atoms with Gasteiger partial charge in [0.1, 0.15) is 10.1 Å². The van der Waals surface area contributed by atoms with Gasteiger partial charge in [-0.1, -0.05) is 11.6 Å². The number of thiazole rings is 1. The van der Waals surface area contributed by atoms with Crippen molar-refractivity contribution in [3.8, 4) is 0 Å². The third-order valence-electron chi connectivity index (χ3n) is 3.36. The van der Waals surface area contributed by atoms with E-state index in [9.17, 15) is 0 Å². The number of nitrogens with zero attached hydrogens (tertiary/aromatic N) is 3. The van der Waals surface area contributed by atoms with Gasteiger partial charge in [0.15, 0.2) is 4.96 Å². The predicted molar refractivity (Wildman–Crippen MR) is 86.3 cm³/mol. The van der Waals surface area contributed by atoms with Gasteiger partial charge in [-0.2, -0.15) is 0 Å². The van der Waals surface area contributed by atoms with Crippen molar-refractivity contribution in [3.63, 3.8) is 0 Å². The highest BCUT2D eigenvalue weighted by molar-refractivity contribution is 7.99. The second-order valence-corrected chi connectivity index (χ2v) is 7.31. The first-order valence-electron chi connectivity index (χ1n) is 6.77. The Balaban J connectivity index is 1.64. The van der Waals surface area contributed by atoms with Crippen LogP contribution in [0.1, 0.15) is 18.5 Å². The smallest absolute Gasteiger partial charge is 0.194 e. The highest BCUT2D eigenvalue weighted by atomic mass is 35.5. The number of halogens is 1. The molecule has 3 heterocycles. The van der Waals surface area contributed by atoms with E-state index in [1.165, 1.54) is 18.5 Å². The van der Waals surface area contributed by atoms with Gasteiger partial charge in [-0.25, -0.2) is 9.97 Å². The Labute approximate surface area is 135 Å². The zero-order valence-corrected chi connectivity index (χ0v) is 13.5. The van der Waals surface area contributed by atoms with Crippen LogP contribution in [0.3, 0.4) is 0 Å². The normalized spacial score (nSPS) is 14.9. The second kappa shape index (κ2) is 5.61. The zero-order chi connectivity index (χ0) is 14.2. The molecule has 108 valence electrons. The van der Waals surface area contributed by atoms with Crippen LogP contribution in [-0.2, 0) is 6.54 Å². The van der Waals surface area contributed by atoms with Gasteiger partial charge in [0.2, 0.25) is 0 Å². The molecule has 0 atom stereocenters. The number of pyridine rings is 1. The number of fused-ring (bicyclic) bond motifs is 1. The van der Waals surface area contributed by atoms with Crippen LogP contribution in [-0.4, -0.2) is 20.4 Å². The fourth-order valence-electron chi connectivity index (χ4n) is 2.11. The molecule has 4 rings (SSSR count). The van der Waals surface area contributed by atoms with Crippen LogP contribution in [0, 0.1) is 0 Å². The molecule has 3 aromatic heterocycles. The molecule has 7 heteroatoms. The fourth-order valence-corrected chi connectivity index (χ4v) is 3.87. The molecule has 0 unspecified atom stereocenters. The molecule has 1 saturated carbocycles. The summed E-state index contributed by atoms with van der Waals surface area (Å²) in [6, 6.07) is 4.47. The first kappa shape index (κ1) is 13.6. The zero-order valence-electron chi connectivity index (χ0n) is 11.1. The van der Waals surface area contributed by atoms with E-state index in [4.69, 9.17) is 16.6 Å². The van der Waals surface area contributed by atoms with Crippen LogP contribution in [0.4, 0.5) is 0 Å². The minimum atomic E-state index is 0.654. The van der Waals surface area contributed by atoms with Crippen LogP contribution in [0.15, 0.2) is 40.0 Å². The monoisotopic (exact) mass is 336 g/mol. The van der Waals surface area contributed by atoms with Gasteiger partial charge >= 0.3 is 0 Å². The lowest BCUT2D eigenvalue weighted by Crippen LogP contribution is -2.16. The maximum Gasteiger partial charge on any atom is 0.194 e. The van der Waals surface area contributed by atoms with Crippen molar-refractivity contribution in [2.45, 2.75) is 35.5 Å². The number of imidazole rings is 1. The first-order valence-corrected chi connectivity index (χ1v) is 8.84. The lowest BCUT2D eigenvalue weighted by atomic mass is 10.4. The van der Waals surface area contributed by atoms with Gasteiger partial charge in [-0.05, 0) is 36.7 Å². The van der Waals surface area contributed by atoms with E-state index in [-0.39, 0.29) is 0 Å². The van der Waals surface area contributed by atoms with Crippen molar-refractivity contribution in [2.24, 2.45) is 0 Å². The van der Waals surface area contributed by atoms with E-state index in [0.717, 1.165) is 21.6 Å². The van der Waals surface area contributed by atoms with E-state index < -0.39 is 0 Å². The molecule has 0 spiro atoms. The third kappa shape index (κ3) is 2.94. The van der Waals surface area contributed by atoms with E-state index >= 15 is 0 Å². The largest absolute Gasteiger partial charge is 0.308 e. The molecule has 0 bridgehead atoms. The summed E-state index contributed by atoms with van der Waals surface area (Å²) in [5.41, 5.74) is 1.21. The van der Waals surface area contributed by atoms with Crippen molar-refractivity contribution >= 4 is 39.7 Å². The minimum Gasteiger partial charge on any atom is -0.308 e. The Morgan fingerprint density at radius 2 is 2.33 bits per heavy atom.